The van der Waals surface area contributed by atoms with Crippen LogP contribution < -0.4 is 5.32 Å². The van der Waals surface area contributed by atoms with Crippen LogP contribution in [-0.2, 0) is 12.8 Å². The molecule has 4 atom stereocenters. The second kappa shape index (κ2) is 9.89. The fraction of sp³-hybridized carbons (Fsp3) is 0.519. The minimum atomic E-state index is -0.379. The van der Waals surface area contributed by atoms with Crippen molar-refractivity contribution in [2.75, 3.05) is 0 Å². The van der Waals surface area contributed by atoms with Crippen LogP contribution in [0.1, 0.15) is 70.3 Å². The molecule has 2 N–H and O–H groups in total. The van der Waals surface area contributed by atoms with E-state index in [1.54, 1.807) is 0 Å². The van der Waals surface area contributed by atoms with Crippen molar-refractivity contribution in [2.24, 2.45) is 11.8 Å². The topological polar surface area (TPSA) is 45.2 Å². The first-order valence-corrected chi connectivity index (χ1v) is 11.5. The molecule has 0 saturated carbocycles. The molecule has 0 radical (unpaired) electrons. The van der Waals surface area contributed by atoms with Crippen molar-refractivity contribution < 1.29 is 5.11 Å². The van der Waals surface area contributed by atoms with Gasteiger partial charge in [0.2, 0.25) is 0 Å². The molecule has 162 valence electrons. The van der Waals surface area contributed by atoms with E-state index >= 15 is 0 Å². The van der Waals surface area contributed by atoms with Crippen LogP contribution in [0.3, 0.4) is 0 Å². The Bertz CT molecular complexity index is 828. The standard InChI is InChI=1S/C27H38N2O/c1-6-20-13-14-23(28-18-20)17-27(5)24(25(30)15-19(3)4)16-21(7-2)26(29-27)22-11-9-8-10-12-22/h8-14,16,18-19,24-26,29-30H,6-7,15,17H2,1-5H3/t24-,25+,26+,27-/m0/s1. The third-order valence-electron chi connectivity index (χ3n) is 6.49. The van der Waals surface area contributed by atoms with Gasteiger partial charge in [-0.05, 0) is 49.3 Å². The lowest BCUT2D eigenvalue weighted by Crippen LogP contribution is -2.57. The molecule has 0 amide bonds. The molecular weight excluding hydrogens is 368 g/mol. The van der Waals surface area contributed by atoms with Crippen LogP contribution in [0.25, 0.3) is 0 Å². The Morgan fingerprint density at radius 1 is 1.07 bits per heavy atom. The van der Waals surface area contributed by atoms with E-state index in [2.05, 4.69) is 88.5 Å². The van der Waals surface area contributed by atoms with E-state index in [0.717, 1.165) is 31.4 Å². The van der Waals surface area contributed by atoms with Crippen molar-refractivity contribution in [1.82, 2.24) is 10.3 Å². The lowest BCUT2D eigenvalue weighted by molar-refractivity contribution is 0.0486. The first kappa shape index (κ1) is 22.7. The summed E-state index contributed by atoms with van der Waals surface area (Å²) < 4.78 is 0. The highest BCUT2D eigenvalue weighted by Gasteiger charge is 2.43. The third-order valence-corrected chi connectivity index (χ3v) is 6.49. The number of aryl methyl sites for hydroxylation is 1. The summed E-state index contributed by atoms with van der Waals surface area (Å²) in [5, 5.41) is 15.2. The Balaban J connectivity index is 1.99. The van der Waals surface area contributed by atoms with Crippen molar-refractivity contribution in [3.05, 3.63) is 77.1 Å². The highest BCUT2D eigenvalue weighted by molar-refractivity contribution is 5.34. The number of hydrogen-bond donors (Lipinski definition) is 2. The van der Waals surface area contributed by atoms with Gasteiger partial charge in [0, 0.05) is 29.8 Å². The van der Waals surface area contributed by atoms with E-state index in [0.29, 0.717) is 5.92 Å². The zero-order valence-electron chi connectivity index (χ0n) is 19.2. The van der Waals surface area contributed by atoms with Gasteiger partial charge < -0.3 is 10.4 Å². The molecule has 1 aromatic heterocycles. The summed E-state index contributed by atoms with van der Waals surface area (Å²) in [6.45, 7) is 11.0. The number of aromatic nitrogens is 1. The molecule has 3 heteroatoms. The average molecular weight is 407 g/mol. The lowest BCUT2D eigenvalue weighted by atomic mass is 9.70. The number of aliphatic hydroxyl groups is 1. The Hall–Kier alpha value is -1.97. The lowest BCUT2D eigenvalue weighted by Gasteiger charge is -2.47. The van der Waals surface area contributed by atoms with Crippen molar-refractivity contribution in [3.8, 4) is 0 Å². The van der Waals surface area contributed by atoms with Gasteiger partial charge in [0.25, 0.3) is 0 Å². The zero-order valence-corrected chi connectivity index (χ0v) is 19.2. The number of benzene rings is 1. The van der Waals surface area contributed by atoms with E-state index in [1.165, 1.54) is 16.7 Å². The molecule has 30 heavy (non-hydrogen) atoms. The smallest absolute Gasteiger partial charge is 0.0623 e. The van der Waals surface area contributed by atoms with E-state index in [-0.39, 0.29) is 23.6 Å². The molecule has 0 spiro atoms. The van der Waals surface area contributed by atoms with Gasteiger partial charge in [-0.1, -0.05) is 75.7 Å². The van der Waals surface area contributed by atoms with Gasteiger partial charge in [-0.25, -0.2) is 0 Å². The molecule has 3 rings (SSSR count). The molecule has 2 heterocycles. The molecule has 0 unspecified atom stereocenters. The van der Waals surface area contributed by atoms with Gasteiger partial charge >= 0.3 is 0 Å². The number of pyridine rings is 1. The first-order chi connectivity index (χ1) is 14.4. The summed E-state index contributed by atoms with van der Waals surface area (Å²) in [6, 6.07) is 15.2. The Morgan fingerprint density at radius 3 is 2.37 bits per heavy atom. The molecular formula is C27H38N2O. The SMILES string of the molecule is CCC1=C[C@@H]([C@H](O)CC(C)C)[C@](C)(Cc2ccc(CC)cn2)N[C@H]1c1ccccc1. The number of nitrogens with zero attached hydrogens (tertiary/aromatic N) is 1. The summed E-state index contributed by atoms with van der Waals surface area (Å²) in [4.78, 5) is 4.74. The fourth-order valence-electron chi connectivity index (χ4n) is 4.77. The first-order valence-electron chi connectivity index (χ1n) is 11.5. The summed E-state index contributed by atoms with van der Waals surface area (Å²) in [7, 11) is 0. The van der Waals surface area contributed by atoms with Crippen LogP contribution in [0.2, 0.25) is 0 Å². The molecule has 3 nitrogen and oxygen atoms in total. The Kier molecular flexibility index (Phi) is 7.49. The van der Waals surface area contributed by atoms with Crippen molar-refractivity contribution in [3.63, 3.8) is 0 Å². The maximum atomic E-state index is 11.2. The Labute approximate surface area is 182 Å². The van der Waals surface area contributed by atoms with Gasteiger partial charge in [-0.15, -0.1) is 0 Å². The predicted molar refractivity (Wildman–Crippen MR) is 125 cm³/mol. The van der Waals surface area contributed by atoms with Crippen LogP contribution in [-0.4, -0.2) is 21.7 Å². The predicted octanol–water partition coefficient (Wildman–Crippen LogP) is 5.65. The average Bonchev–Trinajstić information content (AvgIpc) is 2.74. The van der Waals surface area contributed by atoms with Gasteiger partial charge in [-0.3, -0.25) is 4.98 Å². The van der Waals surface area contributed by atoms with E-state index in [1.807, 2.05) is 6.20 Å². The third kappa shape index (κ3) is 5.19. The van der Waals surface area contributed by atoms with Crippen molar-refractivity contribution >= 4 is 0 Å². The molecule has 1 aromatic carbocycles. The summed E-state index contributed by atoms with van der Waals surface area (Å²) in [5.41, 5.74) is 4.69. The largest absolute Gasteiger partial charge is 0.392 e. The number of hydrogen-bond acceptors (Lipinski definition) is 3. The molecule has 1 aliphatic heterocycles. The van der Waals surface area contributed by atoms with E-state index in [9.17, 15) is 5.11 Å². The molecule has 0 fully saturated rings. The second-order valence-corrected chi connectivity index (χ2v) is 9.41. The summed E-state index contributed by atoms with van der Waals surface area (Å²) in [5.74, 6) is 0.499. The summed E-state index contributed by atoms with van der Waals surface area (Å²) in [6.07, 6.45) is 7.52. The minimum absolute atomic E-state index is 0.0439. The monoisotopic (exact) mass is 406 g/mol. The van der Waals surface area contributed by atoms with Crippen LogP contribution >= 0.6 is 0 Å². The number of rotatable bonds is 8. The number of aliphatic hydroxyl groups excluding tert-OH is 1. The van der Waals surface area contributed by atoms with Gasteiger partial charge in [0.05, 0.1) is 12.1 Å². The van der Waals surface area contributed by atoms with E-state index in [4.69, 9.17) is 4.98 Å². The molecule has 0 aliphatic carbocycles. The highest BCUT2D eigenvalue weighted by atomic mass is 16.3. The van der Waals surface area contributed by atoms with Crippen LogP contribution in [0.4, 0.5) is 0 Å². The molecule has 0 bridgehead atoms. The summed E-state index contributed by atoms with van der Waals surface area (Å²) >= 11 is 0. The maximum absolute atomic E-state index is 11.2. The van der Waals surface area contributed by atoms with Crippen molar-refractivity contribution in [1.29, 1.82) is 0 Å². The van der Waals surface area contributed by atoms with Crippen LogP contribution in [0.5, 0.6) is 0 Å². The maximum Gasteiger partial charge on any atom is 0.0623 e. The fourth-order valence-corrected chi connectivity index (χ4v) is 4.77. The number of nitrogens with one attached hydrogen (secondary N) is 1. The second-order valence-electron chi connectivity index (χ2n) is 9.41. The quantitative estimate of drug-likeness (QED) is 0.557. The molecule has 0 saturated heterocycles. The van der Waals surface area contributed by atoms with Crippen molar-refractivity contribution in [2.45, 2.75) is 78.0 Å². The molecule has 2 aromatic rings. The Morgan fingerprint density at radius 2 is 1.80 bits per heavy atom. The van der Waals surface area contributed by atoms with E-state index < -0.39 is 0 Å². The van der Waals surface area contributed by atoms with Crippen LogP contribution in [0.15, 0.2) is 60.3 Å². The van der Waals surface area contributed by atoms with Crippen LogP contribution in [0, 0.1) is 11.8 Å². The minimum Gasteiger partial charge on any atom is -0.392 e. The normalized spacial score (nSPS) is 25.2. The highest BCUT2D eigenvalue weighted by Crippen LogP contribution is 2.40. The molecule has 1 aliphatic rings. The van der Waals surface area contributed by atoms with Gasteiger partial charge in [0.15, 0.2) is 0 Å². The zero-order chi connectivity index (χ0) is 21.7. The van der Waals surface area contributed by atoms with Gasteiger partial charge in [0.1, 0.15) is 0 Å². The van der Waals surface area contributed by atoms with Gasteiger partial charge in [-0.2, -0.15) is 0 Å².